The fourth-order valence-electron chi connectivity index (χ4n) is 2.42. The van der Waals surface area contributed by atoms with Crippen LogP contribution < -0.4 is 10.2 Å². The number of pyridine rings is 1. The molecular formula is C16H27N3. The Hall–Kier alpha value is -1.09. The van der Waals surface area contributed by atoms with Crippen LogP contribution >= 0.6 is 0 Å². The zero-order chi connectivity index (χ0) is 14.1. The van der Waals surface area contributed by atoms with Crippen LogP contribution in [-0.2, 0) is 6.54 Å². The van der Waals surface area contributed by atoms with Gasteiger partial charge in [-0.3, -0.25) is 0 Å². The van der Waals surface area contributed by atoms with Gasteiger partial charge in [-0.25, -0.2) is 4.98 Å². The second kappa shape index (κ2) is 5.12. The smallest absolute Gasteiger partial charge is 0.128 e. The molecule has 0 atom stereocenters. The molecule has 0 aromatic carbocycles. The molecule has 0 amide bonds. The number of rotatable bonds is 3. The van der Waals surface area contributed by atoms with Crippen LogP contribution in [0.4, 0.5) is 5.82 Å². The van der Waals surface area contributed by atoms with E-state index in [1.165, 1.54) is 12.0 Å². The normalized spacial score (nSPS) is 18.9. The quantitative estimate of drug-likeness (QED) is 0.905. The topological polar surface area (TPSA) is 28.2 Å². The van der Waals surface area contributed by atoms with Gasteiger partial charge in [0.15, 0.2) is 0 Å². The van der Waals surface area contributed by atoms with Gasteiger partial charge in [0, 0.05) is 31.4 Å². The summed E-state index contributed by atoms with van der Waals surface area (Å²) in [5.74, 6) is 1.12. The number of hydrogen-bond acceptors (Lipinski definition) is 3. The molecule has 1 fully saturated rings. The van der Waals surface area contributed by atoms with Crippen molar-refractivity contribution in [2.75, 3.05) is 18.0 Å². The number of aromatic nitrogens is 1. The fraction of sp³-hybridized carbons (Fsp3) is 0.688. The molecule has 1 saturated heterocycles. The van der Waals surface area contributed by atoms with Crippen LogP contribution in [0.1, 0.15) is 46.6 Å². The molecule has 1 aromatic rings. The fourth-order valence-corrected chi connectivity index (χ4v) is 2.42. The predicted molar refractivity (Wildman–Crippen MR) is 81.4 cm³/mol. The van der Waals surface area contributed by atoms with Gasteiger partial charge in [0.25, 0.3) is 0 Å². The van der Waals surface area contributed by atoms with Gasteiger partial charge in [0.05, 0.1) is 0 Å². The van der Waals surface area contributed by atoms with E-state index < -0.39 is 0 Å². The van der Waals surface area contributed by atoms with Gasteiger partial charge in [0.1, 0.15) is 5.82 Å². The van der Waals surface area contributed by atoms with Gasteiger partial charge in [0.2, 0.25) is 0 Å². The lowest BCUT2D eigenvalue weighted by atomic mass is 9.93. The zero-order valence-corrected chi connectivity index (χ0v) is 13.0. The summed E-state index contributed by atoms with van der Waals surface area (Å²) in [4.78, 5) is 6.93. The Morgan fingerprint density at radius 1 is 1.37 bits per heavy atom. The maximum absolute atomic E-state index is 4.53. The minimum Gasteiger partial charge on any atom is -0.356 e. The lowest BCUT2D eigenvalue weighted by Gasteiger charge is -2.23. The highest BCUT2D eigenvalue weighted by atomic mass is 15.2. The second-order valence-corrected chi connectivity index (χ2v) is 7.46. The summed E-state index contributed by atoms with van der Waals surface area (Å²) in [7, 11) is 0. The highest BCUT2D eigenvalue weighted by Crippen LogP contribution is 2.31. The number of nitrogens with one attached hydrogen (secondary N) is 1. The molecule has 1 N–H and O–H groups in total. The Morgan fingerprint density at radius 2 is 2.11 bits per heavy atom. The highest BCUT2D eigenvalue weighted by Gasteiger charge is 2.29. The number of hydrogen-bond donors (Lipinski definition) is 1. The Kier molecular flexibility index (Phi) is 3.86. The summed E-state index contributed by atoms with van der Waals surface area (Å²) < 4.78 is 0. The van der Waals surface area contributed by atoms with E-state index in [4.69, 9.17) is 0 Å². The number of nitrogens with zero attached hydrogens (tertiary/aromatic N) is 2. The largest absolute Gasteiger partial charge is 0.356 e. The summed E-state index contributed by atoms with van der Waals surface area (Å²) in [6.45, 7) is 14.4. The summed E-state index contributed by atoms with van der Waals surface area (Å²) in [5, 5.41) is 3.53. The average molecular weight is 261 g/mol. The van der Waals surface area contributed by atoms with Crippen LogP contribution in [0.15, 0.2) is 18.3 Å². The van der Waals surface area contributed by atoms with Crippen LogP contribution in [0, 0.1) is 5.41 Å². The Balaban J connectivity index is 2.03. The van der Waals surface area contributed by atoms with Crippen LogP contribution in [0.3, 0.4) is 0 Å². The first-order chi connectivity index (χ1) is 8.75. The summed E-state index contributed by atoms with van der Waals surface area (Å²) >= 11 is 0. The predicted octanol–water partition coefficient (Wildman–Crippen LogP) is 3.21. The Bertz CT molecular complexity index is 432. The van der Waals surface area contributed by atoms with Crippen molar-refractivity contribution in [1.82, 2.24) is 10.3 Å². The third-order valence-corrected chi connectivity index (χ3v) is 3.63. The lowest BCUT2D eigenvalue weighted by molar-refractivity contribution is 0.418. The van der Waals surface area contributed by atoms with E-state index >= 15 is 0 Å². The van der Waals surface area contributed by atoms with Crippen LogP contribution in [0.25, 0.3) is 0 Å². The Morgan fingerprint density at radius 3 is 2.68 bits per heavy atom. The van der Waals surface area contributed by atoms with Crippen LogP contribution in [0.2, 0.25) is 0 Å². The zero-order valence-electron chi connectivity index (χ0n) is 13.0. The van der Waals surface area contributed by atoms with Crippen LogP contribution in [0.5, 0.6) is 0 Å². The van der Waals surface area contributed by atoms with E-state index in [2.05, 4.69) is 62.0 Å². The monoisotopic (exact) mass is 261 g/mol. The van der Waals surface area contributed by atoms with Gasteiger partial charge in [-0.15, -0.1) is 0 Å². The molecule has 1 aliphatic rings. The van der Waals surface area contributed by atoms with Crippen LogP contribution in [-0.4, -0.2) is 23.6 Å². The standard InChI is InChI=1S/C16H27N3/c1-15(2,3)18-11-13-6-8-17-14(10-13)19-9-7-16(4,5)12-19/h6,8,10,18H,7,9,11-12H2,1-5H3. The molecule has 1 aromatic heterocycles. The minimum atomic E-state index is 0.152. The molecule has 2 rings (SSSR count). The molecule has 0 spiro atoms. The average Bonchev–Trinajstić information content (AvgIpc) is 2.67. The van der Waals surface area contributed by atoms with E-state index in [-0.39, 0.29) is 5.54 Å². The van der Waals surface area contributed by atoms with Gasteiger partial charge < -0.3 is 10.2 Å². The molecule has 0 unspecified atom stereocenters. The first kappa shape index (κ1) is 14.3. The van der Waals surface area contributed by atoms with Gasteiger partial charge in [-0.2, -0.15) is 0 Å². The number of anilines is 1. The van der Waals surface area contributed by atoms with E-state index in [9.17, 15) is 0 Å². The van der Waals surface area contributed by atoms with Crippen molar-refractivity contribution in [1.29, 1.82) is 0 Å². The summed E-state index contributed by atoms with van der Waals surface area (Å²) in [5.41, 5.74) is 1.88. The first-order valence-electron chi connectivity index (χ1n) is 7.20. The molecular weight excluding hydrogens is 234 g/mol. The third kappa shape index (κ3) is 4.20. The molecule has 0 radical (unpaired) electrons. The van der Waals surface area contributed by atoms with Crippen molar-refractivity contribution in [3.8, 4) is 0 Å². The molecule has 0 bridgehead atoms. The van der Waals surface area contributed by atoms with Crippen molar-refractivity contribution < 1.29 is 0 Å². The molecule has 3 nitrogen and oxygen atoms in total. The lowest BCUT2D eigenvalue weighted by Crippen LogP contribution is -2.35. The van der Waals surface area contributed by atoms with Crippen molar-refractivity contribution in [2.24, 2.45) is 5.41 Å². The highest BCUT2D eigenvalue weighted by molar-refractivity contribution is 5.42. The first-order valence-corrected chi connectivity index (χ1v) is 7.20. The molecule has 0 aliphatic carbocycles. The van der Waals surface area contributed by atoms with E-state index in [0.717, 1.165) is 25.5 Å². The summed E-state index contributed by atoms with van der Waals surface area (Å²) in [6, 6.07) is 4.32. The molecule has 2 heterocycles. The third-order valence-electron chi connectivity index (χ3n) is 3.63. The van der Waals surface area contributed by atoms with E-state index in [1.54, 1.807) is 0 Å². The van der Waals surface area contributed by atoms with Gasteiger partial charge in [-0.1, -0.05) is 13.8 Å². The maximum atomic E-state index is 4.53. The minimum absolute atomic E-state index is 0.152. The van der Waals surface area contributed by atoms with E-state index in [0.29, 0.717) is 5.41 Å². The van der Waals surface area contributed by atoms with E-state index in [1.807, 2.05) is 6.20 Å². The van der Waals surface area contributed by atoms with Crippen molar-refractivity contribution in [3.05, 3.63) is 23.9 Å². The SMILES string of the molecule is CC1(C)CCN(c2cc(CNC(C)(C)C)ccn2)C1. The molecule has 0 saturated carbocycles. The molecule has 19 heavy (non-hydrogen) atoms. The molecule has 1 aliphatic heterocycles. The Labute approximate surface area is 117 Å². The van der Waals surface area contributed by atoms with Crippen molar-refractivity contribution in [2.45, 2.75) is 53.1 Å². The summed E-state index contributed by atoms with van der Waals surface area (Å²) in [6.07, 6.45) is 3.18. The van der Waals surface area contributed by atoms with Crippen molar-refractivity contribution in [3.63, 3.8) is 0 Å². The van der Waals surface area contributed by atoms with Gasteiger partial charge in [-0.05, 0) is 50.3 Å². The maximum Gasteiger partial charge on any atom is 0.128 e. The van der Waals surface area contributed by atoms with Gasteiger partial charge >= 0.3 is 0 Å². The molecule has 106 valence electrons. The molecule has 3 heteroatoms. The van der Waals surface area contributed by atoms with Crippen molar-refractivity contribution >= 4 is 5.82 Å². The second-order valence-electron chi connectivity index (χ2n) is 7.46.